The van der Waals surface area contributed by atoms with Crippen molar-refractivity contribution in [2.24, 2.45) is 0 Å². The Kier molecular flexibility index (Phi) is 7.37. The minimum atomic E-state index is -3.15. The Morgan fingerprint density at radius 1 is 0.935 bits per heavy atom. The van der Waals surface area contributed by atoms with Gasteiger partial charge in [0, 0.05) is 13.1 Å². The summed E-state index contributed by atoms with van der Waals surface area (Å²) >= 11 is 0. The molecule has 2 atom stereocenters. The zero-order valence-corrected chi connectivity index (χ0v) is 19.4. The van der Waals surface area contributed by atoms with E-state index in [0.717, 1.165) is 11.1 Å². The molecule has 1 aliphatic rings. The van der Waals surface area contributed by atoms with Crippen molar-refractivity contribution < 1.29 is 21.9 Å². The van der Waals surface area contributed by atoms with Crippen LogP contribution >= 0.6 is 0 Å². The lowest BCUT2D eigenvalue weighted by Crippen LogP contribution is -2.45. The van der Waals surface area contributed by atoms with Crippen LogP contribution in [0.2, 0.25) is 0 Å². The van der Waals surface area contributed by atoms with Gasteiger partial charge in [0.1, 0.15) is 0 Å². The summed E-state index contributed by atoms with van der Waals surface area (Å²) in [6, 6.07) is 10.6. The highest BCUT2D eigenvalue weighted by Gasteiger charge is 2.26. The number of benzene rings is 2. The van der Waals surface area contributed by atoms with Crippen molar-refractivity contribution in [1.82, 2.24) is 0 Å². The highest BCUT2D eigenvalue weighted by Crippen LogP contribution is 2.28. The highest BCUT2D eigenvalue weighted by atomic mass is 32.2. The van der Waals surface area contributed by atoms with Crippen molar-refractivity contribution in [3.05, 3.63) is 64.7 Å². The van der Waals surface area contributed by atoms with Gasteiger partial charge < -0.3 is 9.64 Å². The Morgan fingerprint density at radius 3 is 2.10 bits per heavy atom. The number of hydrogen-bond acceptors (Lipinski definition) is 4. The van der Waals surface area contributed by atoms with E-state index in [1.54, 1.807) is 38.1 Å². The molecule has 0 unspecified atom stereocenters. The average Bonchev–Trinajstić information content (AvgIpc) is 2.69. The molecule has 0 saturated carbocycles. The van der Waals surface area contributed by atoms with Crippen LogP contribution < -0.4 is 4.90 Å². The van der Waals surface area contributed by atoms with Crippen LogP contribution in [0.25, 0.3) is 0 Å². The van der Waals surface area contributed by atoms with E-state index in [9.17, 15) is 17.2 Å². The predicted molar refractivity (Wildman–Crippen MR) is 120 cm³/mol. The number of ether oxygens (including phenoxy) is 1. The molecule has 2 aromatic carbocycles. The fraction of sp³-hybridized carbons (Fsp3) is 0.500. The van der Waals surface area contributed by atoms with Crippen LogP contribution in [-0.4, -0.2) is 39.0 Å². The fourth-order valence-corrected chi connectivity index (χ4v) is 4.86. The third kappa shape index (κ3) is 5.83. The molecule has 0 amide bonds. The number of aryl methyl sites for hydroxylation is 2. The number of halogens is 2. The predicted octanol–water partition coefficient (Wildman–Crippen LogP) is 4.69. The van der Waals surface area contributed by atoms with Crippen molar-refractivity contribution in [3.63, 3.8) is 0 Å². The van der Waals surface area contributed by atoms with Crippen LogP contribution in [0, 0.1) is 11.6 Å². The van der Waals surface area contributed by atoms with E-state index < -0.39 is 26.7 Å². The van der Waals surface area contributed by atoms with E-state index in [1.807, 2.05) is 30.9 Å². The monoisotopic (exact) mass is 451 g/mol. The Morgan fingerprint density at radius 2 is 1.52 bits per heavy atom. The summed E-state index contributed by atoms with van der Waals surface area (Å²) in [5.41, 5.74) is 2.29. The maximum absolute atomic E-state index is 14.8. The second-order valence-electron chi connectivity index (χ2n) is 8.71. The van der Waals surface area contributed by atoms with Gasteiger partial charge in [0.2, 0.25) is 0 Å². The molecule has 1 saturated heterocycles. The summed E-state index contributed by atoms with van der Waals surface area (Å²) in [6.45, 7) is 8.24. The van der Waals surface area contributed by atoms with Gasteiger partial charge in [-0.25, -0.2) is 17.2 Å². The van der Waals surface area contributed by atoms with Crippen LogP contribution in [0.3, 0.4) is 0 Å². The quantitative estimate of drug-likeness (QED) is 0.613. The molecule has 170 valence electrons. The zero-order valence-electron chi connectivity index (χ0n) is 18.6. The molecule has 1 aliphatic heterocycles. The molecule has 0 spiro atoms. The Labute approximate surface area is 184 Å². The van der Waals surface area contributed by atoms with E-state index in [1.165, 1.54) is 0 Å². The average molecular weight is 452 g/mol. The lowest BCUT2D eigenvalue weighted by Gasteiger charge is -2.37. The van der Waals surface area contributed by atoms with E-state index in [4.69, 9.17) is 4.74 Å². The minimum absolute atomic E-state index is 0.00498. The Balaban J connectivity index is 1.66. The fourth-order valence-electron chi connectivity index (χ4n) is 3.87. The van der Waals surface area contributed by atoms with E-state index in [-0.39, 0.29) is 23.6 Å². The number of anilines is 1. The molecule has 4 nitrogen and oxygen atoms in total. The summed E-state index contributed by atoms with van der Waals surface area (Å²) in [7, 11) is -3.15. The summed E-state index contributed by atoms with van der Waals surface area (Å²) in [5, 5.41) is -0.420. The molecule has 1 heterocycles. The van der Waals surface area contributed by atoms with Crippen LogP contribution in [-0.2, 0) is 33.2 Å². The van der Waals surface area contributed by atoms with Crippen molar-refractivity contribution >= 4 is 15.5 Å². The molecule has 0 N–H and O–H groups in total. The SMILES string of the molecule is CC(C)S(=O)(=O)Cc1ccc(CCc2ccc(N3C[C@@H](C)O[C@@H](C)C3)c(F)c2F)cc1. The van der Waals surface area contributed by atoms with Crippen molar-refractivity contribution in [1.29, 1.82) is 0 Å². The van der Waals surface area contributed by atoms with Gasteiger partial charge in [0.05, 0.1) is 28.9 Å². The first-order valence-corrected chi connectivity index (χ1v) is 12.4. The number of nitrogens with zero attached hydrogens (tertiary/aromatic N) is 1. The van der Waals surface area contributed by atoms with Gasteiger partial charge in [-0.1, -0.05) is 30.3 Å². The molecule has 7 heteroatoms. The number of hydrogen-bond donors (Lipinski definition) is 0. The van der Waals surface area contributed by atoms with Gasteiger partial charge in [0.25, 0.3) is 0 Å². The second kappa shape index (κ2) is 9.65. The number of rotatable bonds is 7. The van der Waals surface area contributed by atoms with Crippen molar-refractivity contribution in [2.75, 3.05) is 18.0 Å². The molecular weight excluding hydrogens is 420 g/mol. The first kappa shape index (κ1) is 23.7. The van der Waals surface area contributed by atoms with Gasteiger partial charge in [-0.3, -0.25) is 0 Å². The minimum Gasteiger partial charge on any atom is -0.372 e. The maximum atomic E-state index is 14.8. The van der Waals surface area contributed by atoms with Gasteiger partial charge in [-0.2, -0.15) is 0 Å². The molecular formula is C24H31F2NO3S. The van der Waals surface area contributed by atoms with Gasteiger partial charge in [-0.05, 0) is 63.3 Å². The highest BCUT2D eigenvalue weighted by molar-refractivity contribution is 7.91. The smallest absolute Gasteiger partial charge is 0.182 e. The molecule has 31 heavy (non-hydrogen) atoms. The van der Waals surface area contributed by atoms with Crippen LogP contribution in [0.4, 0.5) is 14.5 Å². The molecule has 0 aromatic heterocycles. The molecule has 0 radical (unpaired) electrons. The summed E-state index contributed by atoms with van der Waals surface area (Å²) in [4.78, 5) is 1.84. The van der Waals surface area contributed by atoms with E-state index in [0.29, 0.717) is 31.5 Å². The first-order chi connectivity index (χ1) is 14.6. The third-order valence-corrected chi connectivity index (χ3v) is 7.87. The molecule has 0 bridgehead atoms. The van der Waals surface area contributed by atoms with Crippen molar-refractivity contribution in [2.45, 2.75) is 63.7 Å². The topological polar surface area (TPSA) is 46.6 Å². The second-order valence-corrected chi connectivity index (χ2v) is 11.3. The summed E-state index contributed by atoms with van der Waals surface area (Å²) < 4.78 is 59.3. The molecule has 3 rings (SSSR count). The van der Waals surface area contributed by atoms with Gasteiger partial charge in [-0.15, -0.1) is 0 Å². The summed E-state index contributed by atoms with van der Waals surface area (Å²) in [6.07, 6.45) is 0.829. The van der Waals surface area contributed by atoms with Crippen LogP contribution in [0.1, 0.15) is 44.4 Å². The zero-order chi connectivity index (χ0) is 22.8. The summed E-state index contributed by atoms with van der Waals surface area (Å²) in [5.74, 6) is -1.61. The first-order valence-electron chi connectivity index (χ1n) is 10.7. The number of sulfone groups is 1. The number of morpholine rings is 1. The molecule has 0 aliphatic carbocycles. The van der Waals surface area contributed by atoms with Crippen LogP contribution in [0.5, 0.6) is 0 Å². The van der Waals surface area contributed by atoms with E-state index in [2.05, 4.69) is 0 Å². The van der Waals surface area contributed by atoms with Crippen LogP contribution in [0.15, 0.2) is 36.4 Å². The third-order valence-electron chi connectivity index (χ3n) is 5.69. The lowest BCUT2D eigenvalue weighted by atomic mass is 10.0. The largest absolute Gasteiger partial charge is 0.372 e. The normalized spacial score (nSPS) is 19.8. The van der Waals surface area contributed by atoms with E-state index >= 15 is 0 Å². The Hall–Kier alpha value is -1.99. The maximum Gasteiger partial charge on any atom is 0.182 e. The molecule has 2 aromatic rings. The van der Waals surface area contributed by atoms with Gasteiger partial charge in [0.15, 0.2) is 21.5 Å². The Bertz CT molecular complexity index is 996. The van der Waals surface area contributed by atoms with Gasteiger partial charge >= 0.3 is 0 Å². The van der Waals surface area contributed by atoms with Crippen molar-refractivity contribution in [3.8, 4) is 0 Å². The molecule has 1 fully saturated rings. The standard InChI is InChI=1S/C24H31F2NO3S/c1-16(2)31(28,29)15-20-7-5-19(6-8-20)9-10-21-11-12-22(24(26)23(21)25)27-13-17(3)30-18(4)14-27/h5-8,11-12,16-18H,9-10,13-15H2,1-4H3/t17-,18+. The lowest BCUT2D eigenvalue weighted by molar-refractivity contribution is -0.00543.